The molecule has 0 atom stereocenters. The van der Waals surface area contributed by atoms with Crippen molar-refractivity contribution in [2.45, 2.75) is 155 Å². The lowest BCUT2D eigenvalue weighted by Gasteiger charge is -2.28. The second-order valence-electron chi connectivity index (χ2n) is 23.4. The lowest BCUT2D eigenvalue weighted by atomic mass is 10.1. The number of rotatable bonds is 7. The fraction of sp³-hybridized carbons (Fsp3) is 0.881. The van der Waals surface area contributed by atoms with Crippen LogP contribution in [-0.2, 0) is 38.3 Å². The fourth-order valence-corrected chi connectivity index (χ4v) is 9.34. The average molecular weight is 1090 g/mol. The standard InChI is InChI=1S/C9H18N2O.2C9H17NO.2C8H16N2O.C8H15NO2.C8H15NO/c1-8(2)9(12)11-6-3-4-10-5-7-11;2*1-8(2)9(11)10-6-4-3-5-7-10;2*1-7(2)8(11)10-5-3-9-4-6-10;1-7(2)8(10)9-3-5-11-6-4-9;1-7(2)8(10)9-5-3-4-6-9/h8,10H,3-7H2,1-2H3;2*8H,3-7H2,1-2H3;2*7,9H,3-6H2,1-2H3;7H,3-6H2,1-2H3;7H,3-6H2,1-2H3. The van der Waals surface area contributed by atoms with E-state index in [4.69, 9.17) is 4.74 Å². The van der Waals surface area contributed by atoms with Gasteiger partial charge in [0.25, 0.3) is 0 Å². The Balaban J connectivity index is 0.000000449. The van der Waals surface area contributed by atoms with Gasteiger partial charge in [0.05, 0.1) is 13.2 Å². The number of morpholine rings is 1. The topological polar surface area (TPSA) is 187 Å². The molecule has 77 heavy (non-hydrogen) atoms. The molecule has 3 N–H and O–H groups in total. The third-order valence-corrected chi connectivity index (χ3v) is 14.0. The predicted molar refractivity (Wildman–Crippen MR) is 311 cm³/mol. The summed E-state index contributed by atoms with van der Waals surface area (Å²) in [7, 11) is 0. The molecule has 0 aromatic rings. The Labute approximate surface area is 468 Å². The van der Waals surface area contributed by atoms with Gasteiger partial charge in [-0.15, -0.1) is 0 Å². The summed E-state index contributed by atoms with van der Waals surface area (Å²) < 4.78 is 5.14. The van der Waals surface area contributed by atoms with Crippen molar-refractivity contribution in [2.24, 2.45) is 41.4 Å². The molecule has 0 unspecified atom stereocenters. The molecular weight excluding hydrogens is 977 g/mol. The van der Waals surface area contributed by atoms with Gasteiger partial charge in [-0.3, -0.25) is 33.6 Å². The van der Waals surface area contributed by atoms with Crippen LogP contribution in [0.3, 0.4) is 0 Å². The first kappa shape index (κ1) is 71.1. The summed E-state index contributed by atoms with van der Waals surface area (Å²) in [5, 5.41) is 9.71. The highest BCUT2D eigenvalue weighted by Gasteiger charge is 2.24. The summed E-state index contributed by atoms with van der Waals surface area (Å²) in [6.07, 6.45) is 10.8. The Morgan fingerprint density at radius 1 is 0.247 bits per heavy atom. The molecule has 18 nitrogen and oxygen atoms in total. The van der Waals surface area contributed by atoms with Crippen molar-refractivity contribution in [3.8, 4) is 0 Å². The molecule has 0 saturated carbocycles. The Kier molecular flexibility index (Phi) is 38.1. The van der Waals surface area contributed by atoms with E-state index in [9.17, 15) is 33.6 Å². The first-order valence-corrected chi connectivity index (χ1v) is 30.2. The number of carbonyl (C=O) groups is 7. The highest BCUT2D eigenvalue weighted by atomic mass is 16.5. The van der Waals surface area contributed by atoms with Gasteiger partial charge in [0, 0.05) is 166 Å². The SMILES string of the molecule is CC(C)C(=O)N1CCCC1.CC(C)C(=O)N1CCCCC1.CC(C)C(=O)N1CCCCC1.CC(C)C(=O)N1CCCNCC1.CC(C)C(=O)N1CCNCC1.CC(C)C(=O)N1CCNCC1.CC(C)C(=O)N1CCOCC1. The van der Waals surface area contributed by atoms with Crippen molar-refractivity contribution in [2.75, 3.05) is 144 Å². The third-order valence-electron chi connectivity index (χ3n) is 14.0. The molecule has 7 fully saturated rings. The molecule has 0 aromatic carbocycles. The molecule has 0 aromatic heterocycles. The van der Waals surface area contributed by atoms with Gasteiger partial charge in [-0.2, -0.15) is 0 Å². The summed E-state index contributed by atoms with van der Waals surface area (Å²) in [6, 6.07) is 0. The van der Waals surface area contributed by atoms with Gasteiger partial charge in [-0.05, 0) is 64.3 Å². The third kappa shape index (κ3) is 30.3. The van der Waals surface area contributed by atoms with Gasteiger partial charge in [0.2, 0.25) is 41.4 Å². The van der Waals surface area contributed by atoms with Crippen LogP contribution < -0.4 is 16.0 Å². The number of piperidine rings is 2. The summed E-state index contributed by atoms with van der Waals surface area (Å²) >= 11 is 0. The number of carbonyl (C=O) groups excluding carboxylic acids is 7. The number of piperazine rings is 2. The number of likely N-dealkylation sites (tertiary alicyclic amines) is 3. The van der Waals surface area contributed by atoms with E-state index in [1.807, 2.05) is 131 Å². The highest BCUT2D eigenvalue weighted by molar-refractivity contribution is 5.80. The molecule has 0 spiro atoms. The van der Waals surface area contributed by atoms with E-state index in [1.54, 1.807) is 0 Å². The first-order valence-electron chi connectivity index (χ1n) is 30.2. The minimum absolute atomic E-state index is 0.119. The van der Waals surface area contributed by atoms with Crippen molar-refractivity contribution >= 4 is 41.4 Å². The Morgan fingerprint density at radius 3 is 0.675 bits per heavy atom. The Bertz CT molecular complexity index is 1440. The second kappa shape index (κ2) is 41.2. The van der Waals surface area contributed by atoms with E-state index < -0.39 is 0 Å². The molecular formula is C59H114N10O8. The molecule has 7 heterocycles. The molecule has 18 heteroatoms. The zero-order valence-corrected chi connectivity index (χ0v) is 51.4. The molecule has 7 aliphatic heterocycles. The monoisotopic (exact) mass is 1090 g/mol. The van der Waals surface area contributed by atoms with Crippen LogP contribution in [0.5, 0.6) is 0 Å². The highest BCUT2D eigenvalue weighted by Crippen LogP contribution is 2.14. The van der Waals surface area contributed by atoms with E-state index >= 15 is 0 Å². The molecule has 7 saturated heterocycles. The molecule has 7 rings (SSSR count). The maximum absolute atomic E-state index is 11.5. The minimum atomic E-state index is 0.119. The van der Waals surface area contributed by atoms with Crippen molar-refractivity contribution in [1.82, 2.24) is 50.2 Å². The summed E-state index contributed by atoms with van der Waals surface area (Å²) in [4.78, 5) is 93.5. The second-order valence-corrected chi connectivity index (χ2v) is 23.4. The molecule has 7 aliphatic rings. The van der Waals surface area contributed by atoms with Crippen molar-refractivity contribution in [1.29, 1.82) is 0 Å². The predicted octanol–water partition coefficient (Wildman–Crippen LogP) is 5.69. The largest absolute Gasteiger partial charge is 0.378 e. The quantitative estimate of drug-likeness (QED) is 0.285. The smallest absolute Gasteiger partial charge is 0.225 e. The maximum Gasteiger partial charge on any atom is 0.225 e. The van der Waals surface area contributed by atoms with Crippen molar-refractivity contribution in [3.05, 3.63) is 0 Å². The van der Waals surface area contributed by atoms with E-state index in [0.29, 0.717) is 36.8 Å². The fourth-order valence-electron chi connectivity index (χ4n) is 9.34. The van der Waals surface area contributed by atoms with E-state index in [2.05, 4.69) is 16.0 Å². The van der Waals surface area contributed by atoms with Gasteiger partial charge in [-0.1, -0.05) is 96.9 Å². The van der Waals surface area contributed by atoms with Gasteiger partial charge in [0.1, 0.15) is 0 Å². The van der Waals surface area contributed by atoms with Crippen LogP contribution in [0.2, 0.25) is 0 Å². The van der Waals surface area contributed by atoms with Crippen LogP contribution in [0.15, 0.2) is 0 Å². The molecule has 0 bridgehead atoms. The molecule has 0 aliphatic carbocycles. The van der Waals surface area contributed by atoms with Crippen LogP contribution in [-0.4, -0.2) is 220 Å². The number of nitrogens with one attached hydrogen (secondary N) is 3. The number of hydrogen-bond donors (Lipinski definition) is 3. The molecule has 7 amide bonds. The molecule has 0 radical (unpaired) electrons. The number of hydrogen-bond acceptors (Lipinski definition) is 11. The Morgan fingerprint density at radius 2 is 0.429 bits per heavy atom. The van der Waals surface area contributed by atoms with Crippen LogP contribution >= 0.6 is 0 Å². The van der Waals surface area contributed by atoms with Crippen LogP contribution in [0, 0.1) is 41.4 Å². The number of nitrogens with zero attached hydrogens (tertiary/aromatic N) is 7. The summed E-state index contributed by atoms with van der Waals surface area (Å²) in [5.41, 5.74) is 0. The van der Waals surface area contributed by atoms with E-state index in [1.165, 1.54) is 51.4 Å². The van der Waals surface area contributed by atoms with Crippen LogP contribution in [0.4, 0.5) is 0 Å². The lowest BCUT2D eigenvalue weighted by molar-refractivity contribution is -0.138. The first-order chi connectivity index (χ1) is 36.5. The van der Waals surface area contributed by atoms with Gasteiger partial charge in [-0.25, -0.2) is 0 Å². The zero-order valence-electron chi connectivity index (χ0n) is 51.4. The zero-order chi connectivity index (χ0) is 57.9. The van der Waals surface area contributed by atoms with Gasteiger partial charge >= 0.3 is 0 Å². The van der Waals surface area contributed by atoms with Crippen molar-refractivity contribution in [3.63, 3.8) is 0 Å². The lowest BCUT2D eigenvalue weighted by Crippen LogP contribution is -2.47. The number of ether oxygens (including phenoxy) is 1. The summed E-state index contributed by atoms with van der Waals surface area (Å²) in [6.45, 7) is 47.2. The van der Waals surface area contributed by atoms with E-state index in [-0.39, 0.29) is 59.1 Å². The molecule has 448 valence electrons. The number of amides is 7. The maximum atomic E-state index is 11.5. The van der Waals surface area contributed by atoms with Gasteiger partial charge < -0.3 is 55.0 Å². The minimum Gasteiger partial charge on any atom is -0.378 e. The van der Waals surface area contributed by atoms with Crippen LogP contribution in [0.1, 0.15) is 155 Å². The normalized spacial score (nSPS) is 19.0. The van der Waals surface area contributed by atoms with E-state index in [0.717, 1.165) is 137 Å². The summed E-state index contributed by atoms with van der Waals surface area (Å²) in [5.74, 6) is 3.15. The van der Waals surface area contributed by atoms with Gasteiger partial charge in [0.15, 0.2) is 0 Å². The van der Waals surface area contributed by atoms with Crippen LogP contribution in [0.25, 0.3) is 0 Å². The van der Waals surface area contributed by atoms with Crippen molar-refractivity contribution < 1.29 is 38.3 Å². The average Bonchev–Trinajstić information content (AvgIpc) is 3.85. The Hall–Kier alpha value is -3.87.